The summed E-state index contributed by atoms with van der Waals surface area (Å²) in [7, 11) is 3.40. The molecule has 1 atom stereocenters. The van der Waals surface area contributed by atoms with Gasteiger partial charge in [-0.1, -0.05) is 12.1 Å². The quantitative estimate of drug-likeness (QED) is 0.832. The molecule has 4 nitrogen and oxygen atoms in total. The average Bonchev–Trinajstić information content (AvgIpc) is 2.26. The maximum Gasteiger partial charge on any atom is 0.259 e. The summed E-state index contributed by atoms with van der Waals surface area (Å²) in [4.78, 5) is 12.8. The van der Waals surface area contributed by atoms with Gasteiger partial charge >= 0.3 is 0 Å². The van der Waals surface area contributed by atoms with Crippen LogP contribution < -0.4 is 10.5 Å². The van der Waals surface area contributed by atoms with E-state index in [-0.39, 0.29) is 18.6 Å². The van der Waals surface area contributed by atoms with Crippen molar-refractivity contribution in [2.24, 2.45) is 5.73 Å². The summed E-state index contributed by atoms with van der Waals surface area (Å²) in [5, 5.41) is 0. The lowest BCUT2D eigenvalue weighted by atomic mass is 10.1. The first-order valence-corrected chi connectivity index (χ1v) is 5.19. The Morgan fingerprint density at radius 1 is 1.38 bits per heavy atom. The number of benzene rings is 1. The van der Waals surface area contributed by atoms with E-state index in [1.807, 2.05) is 31.2 Å². The van der Waals surface area contributed by atoms with Gasteiger partial charge in [0.1, 0.15) is 5.75 Å². The molecule has 0 bridgehead atoms. The first-order valence-electron chi connectivity index (χ1n) is 5.19. The Kier molecular flexibility index (Phi) is 4.31. The molecule has 0 aliphatic carbocycles. The first kappa shape index (κ1) is 12.5. The van der Waals surface area contributed by atoms with E-state index in [9.17, 15) is 4.79 Å². The highest BCUT2D eigenvalue weighted by atomic mass is 16.5. The Morgan fingerprint density at radius 3 is 2.38 bits per heavy atom. The van der Waals surface area contributed by atoms with Gasteiger partial charge in [-0.3, -0.25) is 4.79 Å². The zero-order chi connectivity index (χ0) is 12.1. The second kappa shape index (κ2) is 5.51. The van der Waals surface area contributed by atoms with Crippen LogP contribution in [0.15, 0.2) is 24.3 Å². The molecule has 0 radical (unpaired) electrons. The molecule has 1 aromatic carbocycles. The van der Waals surface area contributed by atoms with Gasteiger partial charge in [-0.2, -0.15) is 0 Å². The van der Waals surface area contributed by atoms with Gasteiger partial charge in [0, 0.05) is 20.1 Å². The molecule has 4 heteroatoms. The summed E-state index contributed by atoms with van der Waals surface area (Å²) in [6.45, 7) is 1.98. The highest BCUT2D eigenvalue weighted by Gasteiger charge is 2.05. The predicted octanol–water partition coefficient (Wildman–Crippen LogP) is 1.17. The lowest BCUT2D eigenvalue weighted by Gasteiger charge is -2.12. The number of hydrogen-bond acceptors (Lipinski definition) is 3. The topological polar surface area (TPSA) is 55.6 Å². The molecule has 0 unspecified atom stereocenters. The van der Waals surface area contributed by atoms with E-state index in [1.165, 1.54) is 4.90 Å². The molecule has 1 aromatic rings. The zero-order valence-electron chi connectivity index (χ0n) is 9.93. The molecule has 0 heterocycles. The van der Waals surface area contributed by atoms with Crippen molar-refractivity contribution in [3.05, 3.63) is 29.8 Å². The smallest absolute Gasteiger partial charge is 0.259 e. The summed E-state index contributed by atoms with van der Waals surface area (Å²) in [6, 6.07) is 7.46. The fraction of sp³-hybridized carbons (Fsp3) is 0.417. The maximum absolute atomic E-state index is 11.3. The second-order valence-corrected chi connectivity index (χ2v) is 3.93. The third kappa shape index (κ3) is 3.55. The maximum atomic E-state index is 11.3. The molecule has 0 saturated heterocycles. The van der Waals surface area contributed by atoms with Crippen molar-refractivity contribution in [1.82, 2.24) is 4.90 Å². The monoisotopic (exact) mass is 222 g/mol. The van der Waals surface area contributed by atoms with Crippen LogP contribution in [-0.4, -0.2) is 31.5 Å². The van der Waals surface area contributed by atoms with Crippen LogP contribution in [0.5, 0.6) is 5.75 Å². The number of rotatable bonds is 4. The van der Waals surface area contributed by atoms with Gasteiger partial charge in [-0.25, -0.2) is 0 Å². The van der Waals surface area contributed by atoms with Gasteiger partial charge in [-0.15, -0.1) is 0 Å². The van der Waals surface area contributed by atoms with Crippen LogP contribution in [0.2, 0.25) is 0 Å². The van der Waals surface area contributed by atoms with Crippen LogP contribution in [0.25, 0.3) is 0 Å². The number of nitrogens with zero attached hydrogens (tertiary/aromatic N) is 1. The van der Waals surface area contributed by atoms with Crippen LogP contribution >= 0.6 is 0 Å². The molecule has 0 fully saturated rings. The Morgan fingerprint density at radius 2 is 1.94 bits per heavy atom. The van der Waals surface area contributed by atoms with Gasteiger partial charge in [0.2, 0.25) is 0 Å². The van der Waals surface area contributed by atoms with Gasteiger partial charge in [-0.05, 0) is 24.6 Å². The number of nitrogens with two attached hydrogens (primary N) is 1. The van der Waals surface area contributed by atoms with Gasteiger partial charge in [0.15, 0.2) is 6.61 Å². The van der Waals surface area contributed by atoms with Crippen LogP contribution in [0.4, 0.5) is 0 Å². The molecule has 88 valence electrons. The number of amides is 1. The lowest BCUT2D eigenvalue weighted by Crippen LogP contribution is -2.27. The van der Waals surface area contributed by atoms with Crippen molar-refractivity contribution < 1.29 is 9.53 Å². The Bertz CT molecular complexity index is 345. The molecule has 2 N–H and O–H groups in total. The van der Waals surface area contributed by atoms with E-state index in [1.54, 1.807) is 14.1 Å². The van der Waals surface area contributed by atoms with Gasteiger partial charge < -0.3 is 15.4 Å². The standard InChI is InChI=1S/C12H18N2O2/c1-9(13)10-4-6-11(7-5-10)16-8-12(15)14(2)3/h4-7,9H,8,13H2,1-3H3/t9-/m0/s1. The fourth-order valence-corrected chi connectivity index (χ4v) is 1.14. The molecular formula is C12H18N2O2. The van der Waals surface area contributed by atoms with Crippen molar-refractivity contribution >= 4 is 5.91 Å². The first-order chi connectivity index (χ1) is 7.50. The number of carbonyl (C=O) groups excluding carboxylic acids is 1. The average molecular weight is 222 g/mol. The minimum Gasteiger partial charge on any atom is -0.484 e. The van der Waals surface area contributed by atoms with Gasteiger partial charge in [0.05, 0.1) is 0 Å². The molecule has 1 amide bonds. The van der Waals surface area contributed by atoms with E-state index in [0.29, 0.717) is 5.75 Å². The summed E-state index contributed by atoms with van der Waals surface area (Å²) in [6.07, 6.45) is 0. The molecule has 0 spiro atoms. The molecule has 0 aromatic heterocycles. The molecule has 0 aliphatic heterocycles. The highest BCUT2D eigenvalue weighted by Crippen LogP contribution is 2.15. The third-order valence-electron chi connectivity index (χ3n) is 2.27. The lowest BCUT2D eigenvalue weighted by molar-refractivity contribution is -0.130. The normalized spacial score (nSPS) is 12.0. The predicted molar refractivity (Wildman–Crippen MR) is 63.2 cm³/mol. The van der Waals surface area contributed by atoms with E-state index < -0.39 is 0 Å². The van der Waals surface area contributed by atoms with Crippen molar-refractivity contribution in [3.63, 3.8) is 0 Å². The van der Waals surface area contributed by atoms with Crippen LogP contribution in [0.3, 0.4) is 0 Å². The number of likely N-dealkylation sites (N-methyl/N-ethyl adjacent to an activating group) is 1. The summed E-state index contributed by atoms with van der Waals surface area (Å²) >= 11 is 0. The second-order valence-electron chi connectivity index (χ2n) is 3.93. The van der Waals surface area contributed by atoms with Crippen molar-refractivity contribution in [2.45, 2.75) is 13.0 Å². The van der Waals surface area contributed by atoms with E-state index in [2.05, 4.69) is 0 Å². The Balaban J connectivity index is 2.53. The molecule has 0 aliphatic rings. The third-order valence-corrected chi connectivity index (χ3v) is 2.27. The number of carbonyl (C=O) groups is 1. The van der Waals surface area contributed by atoms with E-state index in [0.717, 1.165) is 5.56 Å². The number of ether oxygens (including phenoxy) is 1. The molecule has 1 rings (SSSR count). The molecule has 16 heavy (non-hydrogen) atoms. The van der Waals surface area contributed by atoms with Crippen LogP contribution in [0, 0.1) is 0 Å². The minimum atomic E-state index is -0.0590. The Labute approximate surface area is 96.0 Å². The van der Waals surface area contributed by atoms with E-state index in [4.69, 9.17) is 10.5 Å². The van der Waals surface area contributed by atoms with Crippen molar-refractivity contribution in [1.29, 1.82) is 0 Å². The van der Waals surface area contributed by atoms with E-state index >= 15 is 0 Å². The van der Waals surface area contributed by atoms with Crippen LogP contribution in [-0.2, 0) is 4.79 Å². The summed E-state index contributed by atoms with van der Waals surface area (Å²) < 4.78 is 5.33. The molecular weight excluding hydrogens is 204 g/mol. The highest BCUT2D eigenvalue weighted by molar-refractivity contribution is 5.77. The largest absolute Gasteiger partial charge is 0.484 e. The zero-order valence-corrected chi connectivity index (χ0v) is 9.93. The summed E-state index contributed by atoms with van der Waals surface area (Å²) in [5.74, 6) is 0.621. The molecule has 0 saturated carbocycles. The number of hydrogen-bond donors (Lipinski definition) is 1. The van der Waals surface area contributed by atoms with Crippen molar-refractivity contribution in [3.8, 4) is 5.75 Å². The van der Waals surface area contributed by atoms with Gasteiger partial charge in [0.25, 0.3) is 5.91 Å². The minimum absolute atomic E-state index is 0.0115. The summed E-state index contributed by atoms with van der Waals surface area (Å²) in [5.41, 5.74) is 6.77. The van der Waals surface area contributed by atoms with Crippen LogP contribution in [0.1, 0.15) is 18.5 Å². The SMILES string of the molecule is C[C@H](N)c1ccc(OCC(=O)N(C)C)cc1. The van der Waals surface area contributed by atoms with Crippen molar-refractivity contribution in [2.75, 3.05) is 20.7 Å². The Hall–Kier alpha value is -1.55. The fourth-order valence-electron chi connectivity index (χ4n) is 1.14.